The molecule has 1 rings (SSSR count). The molecule has 1 aromatic heterocycles. The van der Waals surface area contributed by atoms with Crippen LogP contribution >= 0.6 is 11.8 Å². The third kappa shape index (κ3) is 4.49. The van der Waals surface area contributed by atoms with Crippen LogP contribution in [0.5, 0.6) is 0 Å². The third-order valence-electron chi connectivity index (χ3n) is 2.51. The zero-order valence-electron chi connectivity index (χ0n) is 10.3. The normalized spacial score (nSPS) is 14.7. The molecule has 0 bridgehead atoms. The fourth-order valence-corrected chi connectivity index (χ4v) is 2.41. The Balaban J connectivity index is 2.54. The molecule has 0 radical (unpaired) electrons. The van der Waals surface area contributed by atoms with Crippen molar-refractivity contribution in [1.82, 2.24) is 15.3 Å². The number of nitrogens with one attached hydrogen (secondary N) is 1. The van der Waals surface area contributed by atoms with Crippen LogP contribution in [0.4, 0.5) is 0 Å². The van der Waals surface area contributed by atoms with Crippen LogP contribution in [0.2, 0.25) is 0 Å². The molecule has 0 spiro atoms. The maximum Gasteiger partial charge on any atom is 0.0764 e. The average Bonchev–Trinajstić information content (AvgIpc) is 2.35. The molecule has 0 amide bonds. The van der Waals surface area contributed by atoms with E-state index in [0.717, 1.165) is 18.0 Å². The standard InChI is InChI=1S/C12H21N3S/c1-4-10(3)16-9-12(14-5-2)11-8-13-6-7-15-11/h6-8,10,12,14H,4-5,9H2,1-3H3. The first-order valence-corrected chi connectivity index (χ1v) is 6.93. The molecule has 16 heavy (non-hydrogen) atoms. The highest BCUT2D eigenvalue weighted by Crippen LogP contribution is 2.21. The summed E-state index contributed by atoms with van der Waals surface area (Å²) in [5.41, 5.74) is 1.04. The van der Waals surface area contributed by atoms with Gasteiger partial charge >= 0.3 is 0 Å². The summed E-state index contributed by atoms with van der Waals surface area (Å²) >= 11 is 1.99. The third-order valence-corrected chi connectivity index (χ3v) is 3.94. The van der Waals surface area contributed by atoms with Crippen molar-refractivity contribution in [3.8, 4) is 0 Å². The van der Waals surface area contributed by atoms with E-state index in [1.165, 1.54) is 6.42 Å². The summed E-state index contributed by atoms with van der Waals surface area (Å²) in [7, 11) is 0. The lowest BCUT2D eigenvalue weighted by Crippen LogP contribution is -2.24. The van der Waals surface area contributed by atoms with Crippen LogP contribution in [0.3, 0.4) is 0 Å². The van der Waals surface area contributed by atoms with Crippen LogP contribution in [0, 0.1) is 0 Å². The molecule has 0 aliphatic rings. The van der Waals surface area contributed by atoms with Gasteiger partial charge in [0.2, 0.25) is 0 Å². The Morgan fingerprint density at radius 2 is 2.19 bits per heavy atom. The molecule has 0 aliphatic heterocycles. The predicted octanol–water partition coefficient (Wildman–Crippen LogP) is 2.66. The van der Waals surface area contributed by atoms with E-state index in [-0.39, 0.29) is 0 Å². The van der Waals surface area contributed by atoms with Crippen LogP contribution in [-0.4, -0.2) is 27.5 Å². The maximum absolute atomic E-state index is 4.36. The van der Waals surface area contributed by atoms with Crippen LogP contribution in [0.15, 0.2) is 18.6 Å². The molecule has 1 aromatic rings. The largest absolute Gasteiger partial charge is 0.308 e. The van der Waals surface area contributed by atoms with Crippen molar-refractivity contribution < 1.29 is 0 Å². The van der Waals surface area contributed by atoms with Crippen molar-refractivity contribution >= 4 is 11.8 Å². The monoisotopic (exact) mass is 239 g/mol. The van der Waals surface area contributed by atoms with Crippen LogP contribution < -0.4 is 5.32 Å². The molecule has 90 valence electrons. The van der Waals surface area contributed by atoms with E-state index in [2.05, 4.69) is 36.1 Å². The lowest BCUT2D eigenvalue weighted by Gasteiger charge is -2.18. The number of thioether (sulfide) groups is 1. The molecule has 0 saturated heterocycles. The number of rotatable bonds is 7. The van der Waals surface area contributed by atoms with Gasteiger partial charge < -0.3 is 5.32 Å². The molecule has 0 aliphatic carbocycles. The van der Waals surface area contributed by atoms with Gasteiger partial charge in [0.05, 0.1) is 11.7 Å². The Morgan fingerprint density at radius 1 is 1.38 bits per heavy atom. The van der Waals surface area contributed by atoms with Crippen molar-refractivity contribution in [3.63, 3.8) is 0 Å². The minimum absolute atomic E-state index is 0.317. The van der Waals surface area contributed by atoms with E-state index in [1.54, 1.807) is 12.4 Å². The molecule has 1 heterocycles. The van der Waals surface area contributed by atoms with Crippen molar-refractivity contribution in [1.29, 1.82) is 0 Å². The van der Waals surface area contributed by atoms with E-state index < -0.39 is 0 Å². The van der Waals surface area contributed by atoms with Crippen molar-refractivity contribution in [2.45, 2.75) is 38.5 Å². The summed E-state index contributed by atoms with van der Waals surface area (Å²) < 4.78 is 0. The Hall–Kier alpha value is -0.610. The fourth-order valence-electron chi connectivity index (χ4n) is 1.36. The van der Waals surface area contributed by atoms with Gasteiger partial charge in [0, 0.05) is 29.6 Å². The first-order chi connectivity index (χ1) is 7.77. The average molecular weight is 239 g/mol. The fraction of sp³-hybridized carbons (Fsp3) is 0.667. The SMILES string of the molecule is CCNC(CSC(C)CC)c1cnccn1. The minimum Gasteiger partial charge on any atom is -0.308 e. The predicted molar refractivity (Wildman–Crippen MR) is 70.7 cm³/mol. The van der Waals surface area contributed by atoms with Crippen LogP contribution in [-0.2, 0) is 0 Å². The van der Waals surface area contributed by atoms with E-state index in [9.17, 15) is 0 Å². The van der Waals surface area contributed by atoms with Crippen molar-refractivity contribution in [2.75, 3.05) is 12.3 Å². The zero-order chi connectivity index (χ0) is 11.8. The molecule has 4 heteroatoms. The highest BCUT2D eigenvalue weighted by atomic mass is 32.2. The van der Waals surface area contributed by atoms with Crippen LogP contribution in [0.25, 0.3) is 0 Å². The van der Waals surface area contributed by atoms with Crippen molar-refractivity contribution in [2.24, 2.45) is 0 Å². The lowest BCUT2D eigenvalue weighted by molar-refractivity contribution is 0.587. The summed E-state index contributed by atoms with van der Waals surface area (Å²) in [6.07, 6.45) is 6.54. The maximum atomic E-state index is 4.36. The zero-order valence-corrected chi connectivity index (χ0v) is 11.1. The summed E-state index contributed by atoms with van der Waals surface area (Å²) in [6.45, 7) is 7.58. The van der Waals surface area contributed by atoms with Gasteiger partial charge in [0.15, 0.2) is 0 Å². The molecule has 1 N–H and O–H groups in total. The van der Waals surface area contributed by atoms with E-state index in [4.69, 9.17) is 0 Å². The van der Waals surface area contributed by atoms with Gasteiger partial charge in [-0.25, -0.2) is 0 Å². The highest BCUT2D eigenvalue weighted by Gasteiger charge is 2.13. The first-order valence-electron chi connectivity index (χ1n) is 5.88. The second-order valence-corrected chi connectivity index (χ2v) is 5.26. The quantitative estimate of drug-likeness (QED) is 0.794. The summed E-state index contributed by atoms with van der Waals surface area (Å²) in [5.74, 6) is 1.06. The van der Waals surface area contributed by atoms with Gasteiger partial charge in [-0.05, 0) is 13.0 Å². The number of hydrogen-bond donors (Lipinski definition) is 1. The topological polar surface area (TPSA) is 37.8 Å². The summed E-state index contributed by atoms with van der Waals surface area (Å²) in [5, 5.41) is 4.16. The molecule has 0 aromatic carbocycles. The van der Waals surface area contributed by atoms with Crippen LogP contribution in [0.1, 0.15) is 38.9 Å². The first kappa shape index (κ1) is 13.5. The molecule has 2 unspecified atom stereocenters. The van der Waals surface area contributed by atoms with Gasteiger partial charge in [-0.15, -0.1) is 0 Å². The van der Waals surface area contributed by atoms with Crippen molar-refractivity contribution in [3.05, 3.63) is 24.3 Å². The number of hydrogen-bond acceptors (Lipinski definition) is 4. The molecule has 3 nitrogen and oxygen atoms in total. The Kier molecular flexibility index (Phi) is 6.42. The Labute approximate surface area is 102 Å². The minimum atomic E-state index is 0.317. The molecule has 2 atom stereocenters. The van der Waals surface area contributed by atoms with Gasteiger partial charge in [-0.1, -0.05) is 20.8 Å². The number of nitrogens with zero attached hydrogens (tertiary/aromatic N) is 2. The molecule has 0 fully saturated rings. The van der Waals surface area contributed by atoms with E-state index in [1.807, 2.05) is 18.0 Å². The molecular formula is C12H21N3S. The Morgan fingerprint density at radius 3 is 2.75 bits per heavy atom. The molecule has 0 saturated carbocycles. The van der Waals surface area contributed by atoms with E-state index >= 15 is 0 Å². The van der Waals surface area contributed by atoms with Gasteiger partial charge in [-0.3, -0.25) is 9.97 Å². The smallest absolute Gasteiger partial charge is 0.0764 e. The summed E-state index contributed by atoms with van der Waals surface area (Å²) in [6, 6.07) is 0.317. The van der Waals surface area contributed by atoms with Gasteiger partial charge in [0.25, 0.3) is 0 Å². The Bertz CT molecular complexity index is 279. The lowest BCUT2D eigenvalue weighted by atomic mass is 10.2. The van der Waals surface area contributed by atoms with E-state index in [0.29, 0.717) is 11.3 Å². The second-order valence-electron chi connectivity index (χ2n) is 3.79. The summed E-state index contributed by atoms with van der Waals surface area (Å²) in [4.78, 5) is 8.49. The van der Waals surface area contributed by atoms with Gasteiger partial charge in [-0.2, -0.15) is 11.8 Å². The highest BCUT2D eigenvalue weighted by molar-refractivity contribution is 7.99. The second kappa shape index (κ2) is 7.63. The van der Waals surface area contributed by atoms with Gasteiger partial charge in [0.1, 0.15) is 0 Å². The molecular weight excluding hydrogens is 218 g/mol. The number of aromatic nitrogens is 2.